The molecule has 0 N–H and O–H groups in total. The molecule has 94 valence electrons. The van der Waals surface area contributed by atoms with Crippen LogP contribution in [0.1, 0.15) is 12.5 Å². The number of rotatable bonds is 3. The van der Waals surface area contributed by atoms with Crippen molar-refractivity contribution in [2.24, 2.45) is 0 Å². The topological polar surface area (TPSA) is 20.3 Å². The smallest absolute Gasteiger partial charge is 0.335 e. The highest BCUT2D eigenvalue weighted by Crippen LogP contribution is 2.19. The summed E-state index contributed by atoms with van der Waals surface area (Å²) in [6.07, 6.45) is -4.40. The van der Waals surface area contributed by atoms with E-state index in [2.05, 4.69) is 0 Å². The van der Waals surface area contributed by atoms with Crippen molar-refractivity contribution in [3.8, 4) is 0 Å². The molecule has 1 atom stereocenters. The number of likely N-dealkylation sites (N-methyl/N-ethyl adjacent to an activating group) is 1. The van der Waals surface area contributed by atoms with Crippen molar-refractivity contribution in [3.63, 3.8) is 0 Å². The Morgan fingerprint density at radius 1 is 1.29 bits per heavy atom. The van der Waals surface area contributed by atoms with Gasteiger partial charge in [0.05, 0.1) is 0 Å². The molecule has 0 bridgehead atoms. The third kappa shape index (κ3) is 3.76. The predicted molar refractivity (Wildman–Crippen MR) is 58.4 cm³/mol. The van der Waals surface area contributed by atoms with Crippen LogP contribution in [0.2, 0.25) is 0 Å². The molecule has 0 aliphatic heterocycles. The van der Waals surface area contributed by atoms with E-state index in [-0.39, 0.29) is 0 Å². The Morgan fingerprint density at radius 2 is 1.82 bits per heavy atom. The number of halogens is 3. The zero-order valence-corrected chi connectivity index (χ0v) is 9.66. The maximum Gasteiger partial charge on any atom is 0.471 e. The third-order valence-electron chi connectivity index (χ3n) is 2.60. The number of amides is 1. The van der Waals surface area contributed by atoms with Gasteiger partial charge >= 0.3 is 12.1 Å². The van der Waals surface area contributed by atoms with Gasteiger partial charge in [0.25, 0.3) is 0 Å². The van der Waals surface area contributed by atoms with Crippen LogP contribution in [-0.4, -0.2) is 30.1 Å². The Kier molecular flexibility index (Phi) is 4.15. The first-order chi connectivity index (χ1) is 7.82. The number of carbonyl (C=O) groups excluding carboxylic acids is 1. The van der Waals surface area contributed by atoms with Crippen molar-refractivity contribution in [1.82, 2.24) is 4.90 Å². The lowest BCUT2D eigenvalue weighted by Crippen LogP contribution is -2.44. The summed E-state index contributed by atoms with van der Waals surface area (Å²) in [5, 5.41) is 0. The van der Waals surface area contributed by atoms with E-state index < -0.39 is 18.1 Å². The highest BCUT2D eigenvalue weighted by Gasteiger charge is 2.42. The maximum absolute atomic E-state index is 12.2. The molecule has 0 saturated heterocycles. The Balaban J connectivity index is 2.65. The molecule has 1 rings (SSSR count). The maximum atomic E-state index is 12.2. The molecule has 0 saturated carbocycles. The van der Waals surface area contributed by atoms with Crippen LogP contribution in [0.4, 0.5) is 13.2 Å². The van der Waals surface area contributed by atoms with E-state index in [1.807, 2.05) is 30.3 Å². The standard InChI is InChI=1S/C12H14F3NO/c1-9(8-10-6-4-3-5-7-10)16(2)11(17)12(13,14)15/h3-7,9H,8H2,1-2H3/t9-/m1/s1. The summed E-state index contributed by atoms with van der Waals surface area (Å²) in [7, 11) is 1.17. The van der Waals surface area contributed by atoms with E-state index in [4.69, 9.17) is 0 Å². The van der Waals surface area contributed by atoms with E-state index in [1.54, 1.807) is 6.92 Å². The van der Waals surface area contributed by atoms with Gasteiger partial charge in [-0.05, 0) is 18.9 Å². The molecule has 1 amide bonds. The number of hydrogen-bond acceptors (Lipinski definition) is 1. The summed E-state index contributed by atoms with van der Waals surface area (Å²) in [4.78, 5) is 11.7. The summed E-state index contributed by atoms with van der Waals surface area (Å²) in [6, 6.07) is 8.61. The molecule has 0 spiro atoms. The Morgan fingerprint density at radius 3 is 2.29 bits per heavy atom. The van der Waals surface area contributed by atoms with E-state index in [0.717, 1.165) is 10.5 Å². The van der Waals surface area contributed by atoms with Crippen LogP contribution in [0.3, 0.4) is 0 Å². The molecule has 0 heterocycles. The molecule has 5 heteroatoms. The second-order valence-corrected chi connectivity index (χ2v) is 3.95. The van der Waals surface area contributed by atoms with Gasteiger partial charge in [-0.25, -0.2) is 0 Å². The zero-order chi connectivity index (χ0) is 13.1. The Hall–Kier alpha value is -1.52. The number of carbonyl (C=O) groups is 1. The zero-order valence-electron chi connectivity index (χ0n) is 9.66. The predicted octanol–water partition coefficient (Wildman–Crippen LogP) is 2.64. The molecule has 1 aromatic rings. The quantitative estimate of drug-likeness (QED) is 0.801. The summed E-state index contributed by atoms with van der Waals surface area (Å²) in [5.41, 5.74) is 0.904. The van der Waals surface area contributed by atoms with Gasteiger partial charge in [-0.3, -0.25) is 4.79 Å². The van der Waals surface area contributed by atoms with Gasteiger partial charge in [0.2, 0.25) is 0 Å². The van der Waals surface area contributed by atoms with Crippen molar-refractivity contribution in [2.75, 3.05) is 7.05 Å². The van der Waals surface area contributed by atoms with Crippen LogP contribution >= 0.6 is 0 Å². The molecule has 0 fully saturated rings. The van der Waals surface area contributed by atoms with E-state index in [9.17, 15) is 18.0 Å². The van der Waals surface area contributed by atoms with Crippen LogP contribution in [0.25, 0.3) is 0 Å². The van der Waals surface area contributed by atoms with Crippen molar-refractivity contribution in [2.45, 2.75) is 25.6 Å². The molecule has 0 aromatic heterocycles. The number of alkyl halides is 3. The van der Waals surface area contributed by atoms with Crippen LogP contribution in [0, 0.1) is 0 Å². The molecular formula is C12H14F3NO. The second kappa shape index (κ2) is 5.21. The van der Waals surface area contributed by atoms with Crippen molar-refractivity contribution in [3.05, 3.63) is 35.9 Å². The molecule has 2 nitrogen and oxygen atoms in total. The van der Waals surface area contributed by atoms with Gasteiger partial charge < -0.3 is 4.90 Å². The summed E-state index contributed by atoms with van der Waals surface area (Å²) in [5.74, 6) is -1.80. The average molecular weight is 245 g/mol. The lowest BCUT2D eigenvalue weighted by atomic mass is 10.1. The highest BCUT2D eigenvalue weighted by molar-refractivity contribution is 5.81. The van der Waals surface area contributed by atoms with Gasteiger partial charge in [-0.2, -0.15) is 13.2 Å². The fourth-order valence-corrected chi connectivity index (χ4v) is 1.49. The van der Waals surface area contributed by atoms with Crippen LogP contribution in [0.15, 0.2) is 30.3 Å². The lowest BCUT2D eigenvalue weighted by Gasteiger charge is -2.25. The van der Waals surface area contributed by atoms with Crippen molar-refractivity contribution in [1.29, 1.82) is 0 Å². The molecule has 0 unspecified atom stereocenters. The number of hydrogen-bond donors (Lipinski definition) is 0. The Bertz CT molecular complexity index is 375. The first-order valence-corrected chi connectivity index (χ1v) is 5.20. The highest BCUT2D eigenvalue weighted by atomic mass is 19.4. The van der Waals surface area contributed by atoms with Crippen LogP contribution in [0.5, 0.6) is 0 Å². The average Bonchev–Trinajstić information content (AvgIpc) is 2.27. The minimum atomic E-state index is -4.81. The van der Waals surface area contributed by atoms with Gasteiger partial charge in [0.15, 0.2) is 0 Å². The van der Waals surface area contributed by atoms with Crippen molar-refractivity contribution < 1.29 is 18.0 Å². The first-order valence-electron chi connectivity index (χ1n) is 5.20. The second-order valence-electron chi connectivity index (χ2n) is 3.95. The first kappa shape index (κ1) is 13.5. The SMILES string of the molecule is C[C@H](Cc1ccccc1)N(C)C(=O)C(F)(F)F. The largest absolute Gasteiger partial charge is 0.471 e. The fraction of sp³-hybridized carbons (Fsp3) is 0.417. The summed E-state index contributed by atoms with van der Waals surface area (Å²) in [6.45, 7) is 1.59. The normalized spacial score (nSPS) is 13.2. The number of benzene rings is 1. The van der Waals surface area contributed by atoms with Crippen LogP contribution < -0.4 is 0 Å². The molecule has 0 aliphatic rings. The summed E-state index contributed by atoms with van der Waals surface area (Å²) < 4.78 is 36.6. The monoisotopic (exact) mass is 245 g/mol. The van der Waals surface area contributed by atoms with Gasteiger partial charge in [-0.1, -0.05) is 30.3 Å². The van der Waals surface area contributed by atoms with E-state index in [1.165, 1.54) is 7.05 Å². The molecule has 0 radical (unpaired) electrons. The Labute approximate surface area is 98.0 Å². The molecular weight excluding hydrogens is 231 g/mol. The number of nitrogens with zero attached hydrogens (tertiary/aromatic N) is 1. The molecule has 1 aromatic carbocycles. The third-order valence-corrected chi connectivity index (χ3v) is 2.60. The van der Waals surface area contributed by atoms with Gasteiger partial charge in [-0.15, -0.1) is 0 Å². The minimum Gasteiger partial charge on any atom is -0.335 e. The van der Waals surface area contributed by atoms with E-state index in [0.29, 0.717) is 6.42 Å². The van der Waals surface area contributed by atoms with Gasteiger partial charge in [0, 0.05) is 13.1 Å². The fourth-order valence-electron chi connectivity index (χ4n) is 1.49. The lowest BCUT2D eigenvalue weighted by molar-refractivity contribution is -0.185. The molecule has 17 heavy (non-hydrogen) atoms. The van der Waals surface area contributed by atoms with Crippen molar-refractivity contribution >= 4 is 5.91 Å². The van der Waals surface area contributed by atoms with E-state index >= 15 is 0 Å². The molecule has 0 aliphatic carbocycles. The van der Waals surface area contributed by atoms with Gasteiger partial charge in [0.1, 0.15) is 0 Å². The minimum absolute atomic E-state index is 0.402. The van der Waals surface area contributed by atoms with Crippen LogP contribution in [-0.2, 0) is 11.2 Å². The summed E-state index contributed by atoms with van der Waals surface area (Å²) >= 11 is 0.